The minimum absolute atomic E-state index is 0.0703. The molecule has 0 aliphatic carbocycles. The monoisotopic (exact) mass is 347 g/mol. The van der Waals surface area contributed by atoms with Crippen LogP contribution < -0.4 is 10.1 Å². The van der Waals surface area contributed by atoms with E-state index in [1.165, 1.54) is 0 Å². The molecule has 6 heteroatoms. The lowest BCUT2D eigenvalue weighted by Crippen LogP contribution is -2.21. The summed E-state index contributed by atoms with van der Waals surface area (Å²) in [6.45, 7) is 1.52. The van der Waals surface area contributed by atoms with Gasteiger partial charge in [0, 0.05) is 10.7 Å². The maximum atomic E-state index is 11.8. The molecule has 5 nitrogen and oxygen atoms in total. The standard InChI is InChI=1S/C18H18ClNO4/c1-12-6-7-14(10-16(12)19)20-17(21)11-24-18(22)9-13-4-3-5-15(8-13)23-2/h3-8,10H,9,11H2,1-2H3,(H,20,21). The van der Waals surface area contributed by atoms with E-state index < -0.39 is 11.9 Å². The highest BCUT2D eigenvalue weighted by Crippen LogP contribution is 2.19. The van der Waals surface area contributed by atoms with Crippen LogP contribution in [0.5, 0.6) is 5.75 Å². The van der Waals surface area contributed by atoms with Gasteiger partial charge in [-0.2, -0.15) is 0 Å². The van der Waals surface area contributed by atoms with Crippen molar-refractivity contribution in [2.24, 2.45) is 0 Å². The molecule has 0 fully saturated rings. The molecule has 0 saturated carbocycles. The molecule has 0 atom stereocenters. The molecule has 0 aliphatic rings. The van der Waals surface area contributed by atoms with Crippen molar-refractivity contribution in [2.75, 3.05) is 19.0 Å². The van der Waals surface area contributed by atoms with Crippen molar-refractivity contribution in [3.63, 3.8) is 0 Å². The third-order valence-corrected chi connectivity index (χ3v) is 3.71. The Morgan fingerprint density at radius 1 is 1.17 bits per heavy atom. The van der Waals surface area contributed by atoms with Crippen molar-refractivity contribution < 1.29 is 19.1 Å². The summed E-state index contributed by atoms with van der Waals surface area (Å²) in [5.41, 5.74) is 2.23. The van der Waals surface area contributed by atoms with Gasteiger partial charge in [-0.1, -0.05) is 29.8 Å². The lowest BCUT2D eigenvalue weighted by Gasteiger charge is -2.08. The maximum Gasteiger partial charge on any atom is 0.310 e. The topological polar surface area (TPSA) is 64.6 Å². The van der Waals surface area contributed by atoms with Gasteiger partial charge in [0.05, 0.1) is 13.5 Å². The zero-order valence-electron chi connectivity index (χ0n) is 13.5. The summed E-state index contributed by atoms with van der Waals surface area (Å²) in [7, 11) is 1.55. The molecular weight excluding hydrogens is 330 g/mol. The Morgan fingerprint density at radius 3 is 2.67 bits per heavy atom. The van der Waals surface area contributed by atoms with E-state index in [1.807, 2.05) is 6.92 Å². The van der Waals surface area contributed by atoms with Crippen LogP contribution in [0.1, 0.15) is 11.1 Å². The van der Waals surface area contributed by atoms with Gasteiger partial charge < -0.3 is 14.8 Å². The highest BCUT2D eigenvalue weighted by Gasteiger charge is 2.10. The first-order valence-corrected chi connectivity index (χ1v) is 7.70. The van der Waals surface area contributed by atoms with Crippen LogP contribution in [0.3, 0.4) is 0 Å². The Morgan fingerprint density at radius 2 is 1.96 bits per heavy atom. The van der Waals surface area contributed by atoms with Gasteiger partial charge in [-0.3, -0.25) is 9.59 Å². The molecular formula is C18H18ClNO4. The number of benzene rings is 2. The average molecular weight is 348 g/mol. The molecule has 0 radical (unpaired) electrons. The van der Waals surface area contributed by atoms with Gasteiger partial charge in [0.1, 0.15) is 5.75 Å². The molecule has 2 aromatic rings. The van der Waals surface area contributed by atoms with Gasteiger partial charge in [-0.25, -0.2) is 0 Å². The maximum absolute atomic E-state index is 11.8. The molecule has 0 saturated heterocycles. The van der Waals surface area contributed by atoms with Crippen molar-refractivity contribution in [2.45, 2.75) is 13.3 Å². The number of hydrogen-bond donors (Lipinski definition) is 1. The van der Waals surface area contributed by atoms with E-state index in [2.05, 4.69) is 5.32 Å². The molecule has 2 rings (SSSR count). The van der Waals surface area contributed by atoms with Gasteiger partial charge in [-0.15, -0.1) is 0 Å². The Hall–Kier alpha value is -2.53. The second-order valence-corrected chi connectivity index (χ2v) is 5.61. The van der Waals surface area contributed by atoms with Crippen LogP contribution in [-0.4, -0.2) is 25.6 Å². The van der Waals surface area contributed by atoms with Crippen molar-refractivity contribution in [3.8, 4) is 5.75 Å². The fraction of sp³-hybridized carbons (Fsp3) is 0.222. The van der Waals surface area contributed by atoms with Crippen molar-refractivity contribution in [3.05, 3.63) is 58.6 Å². The quantitative estimate of drug-likeness (QED) is 0.813. The lowest BCUT2D eigenvalue weighted by molar-refractivity contribution is -0.146. The summed E-state index contributed by atoms with van der Waals surface area (Å²) < 4.78 is 10.1. The second kappa shape index (κ2) is 8.36. The summed E-state index contributed by atoms with van der Waals surface area (Å²) in [5.74, 6) is -0.247. The number of methoxy groups -OCH3 is 1. The van der Waals surface area contributed by atoms with Gasteiger partial charge >= 0.3 is 5.97 Å². The highest BCUT2D eigenvalue weighted by atomic mass is 35.5. The van der Waals surface area contributed by atoms with Gasteiger partial charge in [-0.05, 0) is 42.3 Å². The smallest absolute Gasteiger partial charge is 0.310 e. The zero-order valence-corrected chi connectivity index (χ0v) is 14.2. The average Bonchev–Trinajstić information content (AvgIpc) is 2.56. The van der Waals surface area contributed by atoms with Crippen LogP contribution >= 0.6 is 11.6 Å². The SMILES string of the molecule is COc1cccc(CC(=O)OCC(=O)Nc2ccc(C)c(Cl)c2)c1. The zero-order chi connectivity index (χ0) is 17.5. The van der Waals surface area contributed by atoms with Gasteiger partial charge in [0.25, 0.3) is 5.91 Å². The number of rotatable bonds is 6. The molecule has 0 aromatic heterocycles. The van der Waals surface area contributed by atoms with Crippen molar-refractivity contribution in [1.82, 2.24) is 0 Å². The van der Waals surface area contributed by atoms with Crippen LogP contribution in [0.4, 0.5) is 5.69 Å². The number of anilines is 1. The second-order valence-electron chi connectivity index (χ2n) is 5.20. The third kappa shape index (κ3) is 5.28. The normalized spacial score (nSPS) is 10.1. The largest absolute Gasteiger partial charge is 0.497 e. The Balaban J connectivity index is 1.82. The molecule has 126 valence electrons. The summed E-state index contributed by atoms with van der Waals surface area (Å²) in [6.07, 6.45) is 0.0703. The number of ether oxygens (including phenoxy) is 2. The van der Waals surface area contributed by atoms with Crippen molar-refractivity contribution >= 4 is 29.2 Å². The van der Waals surface area contributed by atoms with Crippen LogP contribution in [0, 0.1) is 6.92 Å². The first kappa shape index (κ1) is 17.8. The Bertz CT molecular complexity index is 746. The van der Waals surface area contributed by atoms with Crippen LogP contribution in [0.15, 0.2) is 42.5 Å². The summed E-state index contributed by atoms with van der Waals surface area (Å²) in [5, 5.41) is 3.19. The third-order valence-electron chi connectivity index (χ3n) is 3.30. The van der Waals surface area contributed by atoms with E-state index in [1.54, 1.807) is 49.6 Å². The lowest BCUT2D eigenvalue weighted by atomic mass is 10.1. The number of hydrogen-bond acceptors (Lipinski definition) is 4. The minimum atomic E-state index is -0.486. The first-order valence-electron chi connectivity index (χ1n) is 7.32. The Labute approximate surface area is 145 Å². The van der Waals surface area contributed by atoms with E-state index in [0.29, 0.717) is 16.5 Å². The van der Waals surface area contributed by atoms with Gasteiger partial charge in [0.15, 0.2) is 6.61 Å². The predicted octanol–water partition coefficient (Wildman–Crippen LogP) is 3.38. The molecule has 1 amide bonds. The minimum Gasteiger partial charge on any atom is -0.497 e. The van der Waals surface area contributed by atoms with Crippen LogP contribution in [0.2, 0.25) is 5.02 Å². The van der Waals surface area contributed by atoms with E-state index in [0.717, 1.165) is 11.1 Å². The number of aryl methyl sites for hydroxylation is 1. The number of halogens is 1. The molecule has 1 N–H and O–H groups in total. The summed E-state index contributed by atoms with van der Waals surface area (Å²) in [6, 6.07) is 12.3. The fourth-order valence-electron chi connectivity index (χ4n) is 2.01. The number of carbonyl (C=O) groups is 2. The Kier molecular flexibility index (Phi) is 6.21. The molecule has 0 aliphatic heterocycles. The van der Waals surface area contributed by atoms with Crippen molar-refractivity contribution in [1.29, 1.82) is 0 Å². The molecule has 24 heavy (non-hydrogen) atoms. The van der Waals surface area contributed by atoms with E-state index in [9.17, 15) is 9.59 Å². The summed E-state index contributed by atoms with van der Waals surface area (Å²) in [4.78, 5) is 23.6. The molecule has 0 spiro atoms. The van der Waals surface area contributed by atoms with E-state index >= 15 is 0 Å². The van der Waals surface area contributed by atoms with Crippen LogP contribution in [-0.2, 0) is 20.7 Å². The molecule has 0 bridgehead atoms. The molecule has 2 aromatic carbocycles. The number of nitrogens with one attached hydrogen (secondary N) is 1. The molecule has 0 heterocycles. The predicted molar refractivity (Wildman–Crippen MR) is 92.5 cm³/mol. The van der Waals surface area contributed by atoms with Gasteiger partial charge in [0.2, 0.25) is 0 Å². The van der Waals surface area contributed by atoms with Crippen LogP contribution in [0.25, 0.3) is 0 Å². The number of carbonyl (C=O) groups excluding carboxylic acids is 2. The highest BCUT2D eigenvalue weighted by molar-refractivity contribution is 6.31. The number of esters is 1. The van der Waals surface area contributed by atoms with E-state index in [-0.39, 0.29) is 13.0 Å². The van der Waals surface area contributed by atoms with E-state index in [4.69, 9.17) is 21.1 Å². The summed E-state index contributed by atoms with van der Waals surface area (Å²) >= 11 is 5.99. The first-order chi connectivity index (χ1) is 11.5. The molecule has 0 unspecified atom stereocenters. The number of amides is 1. The fourth-order valence-corrected chi connectivity index (χ4v) is 2.19.